The normalized spacial score (nSPS) is 25.9. The van der Waals surface area contributed by atoms with E-state index in [9.17, 15) is 9.59 Å². The van der Waals surface area contributed by atoms with Crippen LogP contribution in [0.25, 0.3) is 0 Å². The summed E-state index contributed by atoms with van der Waals surface area (Å²) < 4.78 is 10.2. The fourth-order valence-corrected chi connectivity index (χ4v) is 3.64. The van der Waals surface area contributed by atoms with Crippen molar-refractivity contribution < 1.29 is 19.1 Å². The SMILES string of the molecule is CCOC(=O)CN1CCN2CCCN(CC1)CCN(CC(=O)OCC)CC2. The Balaban J connectivity index is 1.96. The second-order valence-electron chi connectivity index (χ2n) is 7.20. The molecule has 8 nitrogen and oxygen atoms in total. The van der Waals surface area contributed by atoms with Crippen molar-refractivity contribution in [3.05, 3.63) is 0 Å². The molecule has 0 saturated carbocycles. The first kappa shape index (κ1) is 22.1. The Labute approximate surface area is 163 Å². The molecule has 0 aliphatic carbocycles. The molecule has 156 valence electrons. The van der Waals surface area contributed by atoms with Crippen molar-refractivity contribution in [1.82, 2.24) is 19.6 Å². The molecule has 0 amide bonds. The standard InChI is InChI=1S/C19H36N4O4/c1-3-26-18(24)16-22-12-8-20-6-5-7-21(9-13-22)11-15-23(14-10-20)17-19(25)27-4-2/h3-17H2,1-2H3. The van der Waals surface area contributed by atoms with Crippen molar-refractivity contribution >= 4 is 11.9 Å². The zero-order valence-electron chi connectivity index (χ0n) is 17.0. The van der Waals surface area contributed by atoms with E-state index in [-0.39, 0.29) is 11.9 Å². The molecule has 2 aliphatic heterocycles. The lowest BCUT2D eigenvalue weighted by Gasteiger charge is -2.36. The zero-order chi connectivity index (χ0) is 19.5. The van der Waals surface area contributed by atoms with Gasteiger partial charge in [0.25, 0.3) is 0 Å². The van der Waals surface area contributed by atoms with Crippen LogP contribution in [-0.2, 0) is 19.1 Å². The molecule has 0 radical (unpaired) electrons. The van der Waals surface area contributed by atoms with Gasteiger partial charge in [-0.25, -0.2) is 0 Å². The first-order valence-electron chi connectivity index (χ1n) is 10.3. The number of esters is 2. The minimum Gasteiger partial charge on any atom is -0.465 e. The van der Waals surface area contributed by atoms with Crippen molar-refractivity contribution in [3.63, 3.8) is 0 Å². The predicted molar refractivity (Wildman–Crippen MR) is 104 cm³/mol. The van der Waals surface area contributed by atoms with E-state index in [1.807, 2.05) is 13.8 Å². The van der Waals surface area contributed by atoms with Crippen molar-refractivity contribution in [2.24, 2.45) is 0 Å². The van der Waals surface area contributed by atoms with Gasteiger partial charge in [0.1, 0.15) is 0 Å². The lowest BCUT2D eigenvalue weighted by Crippen LogP contribution is -2.50. The smallest absolute Gasteiger partial charge is 0.320 e. The van der Waals surface area contributed by atoms with Crippen LogP contribution in [0.1, 0.15) is 20.3 Å². The number of rotatable bonds is 6. The van der Waals surface area contributed by atoms with Crippen LogP contribution in [0.2, 0.25) is 0 Å². The van der Waals surface area contributed by atoms with Gasteiger partial charge in [-0.2, -0.15) is 0 Å². The van der Waals surface area contributed by atoms with Crippen molar-refractivity contribution in [2.75, 3.05) is 91.8 Å². The summed E-state index contributed by atoms with van der Waals surface area (Å²) in [5.41, 5.74) is 0. The first-order valence-corrected chi connectivity index (χ1v) is 10.3. The van der Waals surface area contributed by atoms with E-state index >= 15 is 0 Å². The lowest BCUT2D eigenvalue weighted by atomic mass is 10.2. The summed E-state index contributed by atoms with van der Waals surface area (Å²) >= 11 is 0. The average Bonchev–Trinajstić information content (AvgIpc) is 2.64. The molecule has 0 aromatic carbocycles. The molecule has 0 spiro atoms. The quantitative estimate of drug-likeness (QED) is 0.581. The Morgan fingerprint density at radius 1 is 0.630 bits per heavy atom. The number of hydrogen-bond acceptors (Lipinski definition) is 8. The summed E-state index contributed by atoms with van der Waals surface area (Å²) in [5.74, 6) is -0.277. The topological polar surface area (TPSA) is 65.6 Å². The van der Waals surface area contributed by atoms with E-state index in [2.05, 4.69) is 19.6 Å². The van der Waals surface area contributed by atoms with E-state index in [4.69, 9.17) is 9.47 Å². The van der Waals surface area contributed by atoms with Gasteiger partial charge < -0.3 is 19.3 Å². The van der Waals surface area contributed by atoms with Crippen LogP contribution in [0, 0.1) is 0 Å². The number of carbonyl (C=O) groups is 2. The molecule has 0 atom stereocenters. The minimum atomic E-state index is -0.139. The maximum Gasteiger partial charge on any atom is 0.320 e. The molecule has 2 rings (SSSR count). The van der Waals surface area contributed by atoms with Crippen LogP contribution in [-0.4, -0.2) is 123 Å². The predicted octanol–water partition coefficient (Wildman–Crippen LogP) is -0.262. The Hall–Kier alpha value is -1.22. The van der Waals surface area contributed by atoms with Crippen molar-refractivity contribution in [1.29, 1.82) is 0 Å². The highest BCUT2D eigenvalue weighted by molar-refractivity contribution is 5.72. The van der Waals surface area contributed by atoms with Gasteiger partial charge in [-0.1, -0.05) is 0 Å². The highest BCUT2D eigenvalue weighted by atomic mass is 16.5. The van der Waals surface area contributed by atoms with Gasteiger partial charge >= 0.3 is 11.9 Å². The molecule has 8 heteroatoms. The third-order valence-corrected chi connectivity index (χ3v) is 5.19. The molecule has 2 saturated heterocycles. The first-order chi connectivity index (χ1) is 13.1. The van der Waals surface area contributed by atoms with Gasteiger partial charge in [0.2, 0.25) is 0 Å². The van der Waals surface area contributed by atoms with Gasteiger partial charge in [-0.3, -0.25) is 19.4 Å². The van der Waals surface area contributed by atoms with Crippen LogP contribution in [0.3, 0.4) is 0 Å². The largest absolute Gasteiger partial charge is 0.465 e. The van der Waals surface area contributed by atoms with Gasteiger partial charge in [0.15, 0.2) is 0 Å². The summed E-state index contributed by atoms with van der Waals surface area (Å²) in [6, 6.07) is 0. The molecule has 2 heterocycles. The van der Waals surface area contributed by atoms with Crippen LogP contribution in [0.15, 0.2) is 0 Å². The molecule has 0 aromatic rings. The van der Waals surface area contributed by atoms with Gasteiger partial charge in [-0.15, -0.1) is 0 Å². The molecule has 2 aliphatic rings. The van der Waals surface area contributed by atoms with Crippen LogP contribution in [0.4, 0.5) is 0 Å². The summed E-state index contributed by atoms with van der Waals surface area (Å²) in [5, 5.41) is 0. The second kappa shape index (κ2) is 12.3. The summed E-state index contributed by atoms with van der Waals surface area (Å²) in [4.78, 5) is 33.1. The summed E-state index contributed by atoms with van der Waals surface area (Å²) in [6.07, 6.45) is 1.16. The average molecular weight is 385 g/mol. The number of ether oxygens (including phenoxy) is 2. The Kier molecular flexibility index (Phi) is 10.0. The number of nitrogens with zero attached hydrogens (tertiary/aromatic N) is 4. The second-order valence-corrected chi connectivity index (χ2v) is 7.20. The molecule has 0 N–H and O–H groups in total. The highest BCUT2D eigenvalue weighted by Crippen LogP contribution is 2.06. The van der Waals surface area contributed by atoms with Gasteiger partial charge in [0, 0.05) is 52.4 Å². The maximum atomic E-state index is 11.9. The van der Waals surface area contributed by atoms with E-state index in [0.717, 1.165) is 71.9 Å². The molecule has 27 heavy (non-hydrogen) atoms. The Bertz CT molecular complexity index is 407. The molecule has 2 bridgehead atoms. The Morgan fingerprint density at radius 3 is 1.33 bits per heavy atom. The minimum absolute atomic E-state index is 0.139. The van der Waals surface area contributed by atoms with E-state index in [1.54, 1.807) is 0 Å². The van der Waals surface area contributed by atoms with Crippen molar-refractivity contribution in [3.8, 4) is 0 Å². The molecule has 0 aromatic heterocycles. The highest BCUT2D eigenvalue weighted by Gasteiger charge is 2.21. The van der Waals surface area contributed by atoms with Crippen LogP contribution >= 0.6 is 0 Å². The fraction of sp³-hybridized carbons (Fsp3) is 0.895. The van der Waals surface area contributed by atoms with E-state index in [1.165, 1.54) is 0 Å². The number of hydrogen-bond donors (Lipinski definition) is 0. The Morgan fingerprint density at radius 2 is 1.00 bits per heavy atom. The van der Waals surface area contributed by atoms with Crippen LogP contribution < -0.4 is 0 Å². The molecule has 2 fully saturated rings. The van der Waals surface area contributed by atoms with Crippen molar-refractivity contribution in [2.45, 2.75) is 20.3 Å². The summed E-state index contributed by atoms with van der Waals surface area (Å²) in [6.45, 7) is 14.6. The molecular weight excluding hydrogens is 348 g/mol. The molecule has 0 unspecified atom stereocenters. The number of carbonyl (C=O) groups excluding carboxylic acids is 2. The van der Waals surface area contributed by atoms with Crippen LogP contribution in [0.5, 0.6) is 0 Å². The monoisotopic (exact) mass is 384 g/mol. The fourth-order valence-electron chi connectivity index (χ4n) is 3.64. The van der Waals surface area contributed by atoms with Gasteiger partial charge in [-0.05, 0) is 33.4 Å². The number of fused-ring (bicyclic) bond motifs is 4. The van der Waals surface area contributed by atoms with Gasteiger partial charge in [0.05, 0.1) is 26.3 Å². The third-order valence-electron chi connectivity index (χ3n) is 5.19. The third kappa shape index (κ3) is 8.55. The molecular formula is C19H36N4O4. The summed E-state index contributed by atoms with van der Waals surface area (Å²) in [7, 11) is 0. The van der Waals surface area contributed by atoms with E-state index in [0.29, 0.717) is 26.3 Å². The zero-order valence-corrected chi connectivity index (χ0v) is 17.0. The van der Waals surface area contributed by atoms with E-state index < -0.39 is 0 Å². The maximum absolute atomic E-state index is 11.9. The lowest BCUT2D eigenvalue weighted by molar-refractivity contribution is -0.145.